The summed E-state index contributed by atoms with van der Waals surface area (Å²) in [5.41, 5.74) is 1.01. The normalized spacial score (nSPS) is 12.2. The summed E-state index contributed by atoms with van der Waals surface area (Å²) in [5.74, 6) is -0.158. The Morgan fingerprint density at radius 3 is 2.23 bits per heavy atom. The van der Waals surface area contributed by atoms with E-state index in [0.717, 1.165) is 6.54 Å². The van der Waals surface area contributed by atoms with Crippen molar-refractivity contribution in [1.82, 2.24) is 9.78 Å². The fourth-order valence-electron chi connectivity index (χ4n) is 1.50. The van der Waals surface area contributed by atoms with Gasteiger partial charge in [0.1, 0.15) is 0 Å². The minimum Gasteiger partial charge on any atom is -0.266 e. The number of aryl methyl sites for hydroxylation is 2. The van der Waals surface area contributed by atoms with Crippen molar-refractivity contribution in [1.29, 1.82) is 0 Å². The molecule has 1 rings (SSSR count). The molecule has 0 saturated carbocycles. The maximum Gasteiger partial charge on any atom is 0.167 e. The number of halogens is 1. The van der Waals surface area contributed by atoms with Crippen LogP contribution in [0.2, 0.25) is 0 Å². The summed E-state index contributed by atoms with van der Waals surface area (Å²) in [6.07, 6.45) is 0. The van der Waals surface area contributed by atoms with E-state index in [0.29, 0.717) is 11.4 Å². The maximum atomic E-state index is 13.6. The summed E-state index contributed by atoms with van der Waals surface area (Å²) in [6, 6.07) is 0. The Morgan fingerprint density at radius 1 is 1.38 bits per heavy atom. The van der Waals surface area contributed by atoms with Crippen molar-refractivity contribution in [2.45, 2.75) is 46.6 Å². The standard InChI is InChI=1S/C10H17FN2/c1-6-13-9(10(3,4)5)8(11)7(2)12-13/h6H2,1-5H3. The Kier molecular flexibility index (Phi) is 2.46. The van der Waals surface area contributed by atoms with Gasteiger partial charge in [-0.05, 0) is 13.8 Å². The van der Waals surface area contributed by atoms with Crippen molar-refractivity contribution < 1.29 is 4.39 Å². The molecule has 0 bridgehead atoms. The van der Waals surface area contributed by atoms with Crippen molar-refractivity contribution >= 4 is 0 Å². The fraction of sp³-hybridized carbons (Fsp3) is 0.700. The first-order chi connectivity index (χ1) is 5.88. The lowest BCUT2D eigenvalue weighted by Crippen LogP contribution is -2.19. The highest BCUT2D eigenvalue weighted by molar-refractivity contribution is 5.20. The fourth-order valence-corrected chi connectivity index (χ4v) is 1.50. The van der Waals surface area contributed by atoms with Gasteiger partial charge >= 0.3 is 0 Å². The third kappa shape index (κ3) is 1.74. The van der Waals surface area contributed by atoms with Gasteiger partial charge in [0, 0.05) is 12.0 Å². The molecule has 1 heterocycles. The molecule has 0 atom stereocenters. The lowest BCUT2D eigenvalue weighted by molar-refractivity contribution is 0.465. The summed E-state index contributed by atoms with van der Waals surface area (Å²) in [6.45, 7) is 10.4. The number of nitrogens with zero attached hydrogens (tertiary/aromatic N) is 2. The zero-order valence-electron chi connectivity index (χ0n) is 8.98. The molecule has 0 saturated heterocycles. The largest absolute Gasteiger partial charge is 0.266 e. The van der Waals surface area contributed by atoms with Crippen LogP contribution in [0.5, 0.6) is 0 Å². The minimum absolute atomic E-state index is 0.158. The Labute approximate surface area is 78.8 Å². The van der Waals surface area contributed by atoms with E-state index < -0.39 is 0 Å². The van der Waals surface area contributed by atoms with Gasteiger partial charge in [0.05, 0.1) is 11.4 Å². The van der Waals surface area contributed by atoms with Crippen LogP contribution in [-0.2, 0) is 12.0 Å². The van der Waals surface area contributed by atoms with Gasteiger partial charge in [-0.25, -0.2) is 4.39 Å². The summed E-state index contributed by atoms with van der Waals surface area (Å²) < 4.78 is 15.4. The number of hydrogen-bond donors (Lipinski definition) is 0. The van der Waals surface area contributed by atoms with Crippen LogP contribution in [0.15, 0.2) is 0 Å². The van der Waals surface area contributed by atoms with E-state index in [4.69, 9.17) is 0 Å². The van der Waals surface area contributed by atoms with Gasteiger partial charge in [-0.15, -0.1) is 0 Å². The van der Waals surface area contributed by atoms with Crippen molar-refractivity contribution in [3.05, 3.63) is 17.2 Å². The van der Waals surface area contributed by atoms with Crippen LogP contribution in [0.3, 0.4) is 0 Å². The third-order valence-electron chi connectivity index (χ3n) is 2.06. The molecule has 1 aromatic rings. The highest BCUT2D eigenvalue weighted by Crippen LogP contribution is 2.26. The van der Waals surface area contributed by atoms with E-state index in [1.807, 2.05) is 27.7 Å². The Bertz CT molecular complexity index is 307. The van der Waals surface area contributed by atoms with E-state index >= 15 is 0 Å². The van der Waals surface area contributed by atoms with Crippen molar-refractivity contribution in [3.63, 3.8) is 0 Å². The highest BCUT2D eigenvalue weighted by atomic mass is 19.1. The second-order valence-corrected chi connectivity index (χ2v) is 4.31. The maximum absolute atomic E-state index is 13.6. The van der Waals surface area contributed by atoms with Crippen LogP contribution in [-0.4, -0.2) is 9.78 Å². The lowest BCUT2D eigenvalue weighted by Gasteiger charge is -2.19. The molecular weight excluding hydrogens is 167 g/mol. The molecule has 0 fully saturated rings. The van der Waals surface area contributed by atoms with Crippen molar-refractivity contribution in [2.75, 3.05) is 0 Å². The molecule has 74 valence electrons. The summed E-state index contributed by atoms with van der Waals surface area (Å²) in [4.78, 5) is 0. The molecule has 0 N–H and O–H groups in total. The number of hydrogen-bond acceptors (Lipinski definition) is 1. The van der Waals surface area contributed by atoms with E-state index in [2.05, 4.69) is 5.10 Å². The molecule has 2 nitrogen and oxygen atoms in total. The Morgan fingerprint density at radius 2 is 1.92 bits per heavy atom. The molecule has 0 aliphatic rings. The molecule has 0 radical (unpaired) electrons. The average molecular weight is 184 g/mol. The first-order valence-electron chi connectivity index (χ1n) is 4.61. The summed E-state index contributed by atoms with van der Waals surface area (Å²) >= 11 is 0. The van der Waals surface area contributed by atoms with Gasteiger partial charge in [-0.3, -0.25) is 4.68 Å². The van der Waals surface area contributed by atoms with Crippen molar-refractivity contribution in [2.24, 2.45) is 0 Å². The SMILES string of the molecule is CCn1nc(C)c(F)c1C(C)(C)C. The molecule has 0 aromatic carbocycles. The van der Waals surface area contributed by atoms with Crippen LogP contribution in [0.1, 0.15) is 39.1 Å². The summed E-state index contributed by atoms with van der Waals surface area (Å²) in [7, 11) is 0. The van der Waals surface area contributed by atoms with Crippen LogP contribution in [0.4, 0.5) is 4.39 Å². The highest BCUT2D eigenvalue weighted by Gasteiger charge is 2.25. The van der Waals surface area contributed by atoms with Gasteiger partial charge in [0.25, 0.3) is 0 Å². The lowest BCUT2D eigenvalue weighted by atomic mass is 9.91. The van der Waals surface area contributed by atoms with Gasteiger partial charge in [0.2, 0.25) is 0 Å². The quantitative estimate of drug-likeness (QED) is 0.656. The van der Waals surface area contributed by atoms with Crippen LogP contribution < -0.4 is 0 Å². The predicted molar refractivity (Wildman–Crippen MR) is 51.3 cm³/mol. The van der Waals surface area contributed by atoms with Gasteiger partial charge in [-0.1, -0.05) is 20.8 Å². The molecule has 0 amide bonds. The number of rotatable bonds is 1. The zero-order valence-corrected chi connectivity index (χ0v) is 8.98. The predicted octanol–water partition coefficient (Wildman–Crippen LogP) is 2.65. The second kappa shape index (κ2) is 3.13. The van der Waals surface area contributed by atoms with Crippen LogP contribution >= 0.6 is 0 Å². The monoisotopic (exact) mass is 184 g/mol. The van der Waals surface area contributed by atoms with Gasteiger partial charge in [-0.2, -0.15) is 5.10 Å². The first-order valence-corrected chi connectivity index (χ1v) is 4.61. The molecule has 0 aliphatic heterocycles. The Balaban J connectivity index is 3.33. The molecule has 1 aromatic heterocycles. The Hall–Kier alpha value is -0.860. The van der Waals surface area contributed by atoms with Gasteiger partial charge < -0.3 is 0 Å². The average Bonchev–Trinajstić information content (AvgIpc) is 2.26. The molecule has 0 spiro atoms. The van der Waals surface area contributed by atoms with E-state index in [-0.39, 0.29) is 11.2 Å². The summed E-state index contributed by atoms with van der Waals surface area (Å²) in [5, 5.41) is 4.14. The first kappa shape index (κ1) is 10.2. The van der Waals surface area contributed by atoms with Gasteiger partial charge in [0.15, 0.2) is 5.82 Å². The third-order valence-corrected chi connectivity index (χ3v) is 2.06. The molecule has 13 heavy (non-hydrogen) atoms. The van der Waals surface area contributed by atoms with Crippen molar-refractivity contribution in [3.8, 4) is 0 Å². The number of aromatic nitrogens is 2. The van der Waals surface area contributed by atoms with Crippen LogP contribution in [0, 0.1) is 12.7 Å². The smallest absolute Gasteiger partial charge is 0.167 e. The molecular formula is C10H17FN2. The second-order valence-electron chi connectivity index (χ2n) is 4.31. The van der Waals surface area contributed by atoms with E-state index in [1.165, 1.54) is 0 Å². The topological polar surface area (TPSA) is 17.8 Å². The molecule has 3 heteroatoms. The zero-order chi connectivity index (χ0) is 10.2. The molecule has 0 unspecified atom stereocenters. The minimum atomic E-state index is -0.179. The van der Waals surface area contributed by atoms with E-state index in [9.17, 15) is 4.39 Å². The van der Waals surface area contributed by atoms with Crippen LogP contribution in [0.25, 0.3) is 0 Å². The molecule has 0 aliphatic carbocycles. The van der Waals surface area contributed by atoms with E-state index in [1.54, 1.807) is 11.6 Å².